The number of carbonyl (C=O) groups excluding carboxylic acids is 1. The zero-order valence-corrected chi connectivity index (χ0v) is 12.7. The van der Waals surface area contributed by atoms with Gasteiger partial charge in [0.05, 0.1) is 0 Å². The number of anilines is 1. The minimum absolute atomic E-state index is 0.178. The summed E-state index contributed by atoms with van der Waals surface area (Å²) < 4.78 is 0. The fraction of sp³-hybridized carbons (Fsp3) is 0.500. The average molecular weight is 292 g/mol. The van der Waals surface area contributed by atoms with E-state index in [1.807, 2.05) is 31.2 Å². The van der Waals surface area contributed by atoms with Crippen molar-refractivity contribution in [3.8, 4) is 0 Å². The zero-order valence-electron chi connectivity index (χ0n) is 12.7. The summed E-state index contributed by atoms with van der Waals surface area (Å²) in [6.07, 6.45) is 2.56. The smallest absolute Gasteiger partial charge is 0.319 e. The summed E-state index contributed by atoms with van der Waals surface area (Å²) in [7, 11) is 0. The van der Waals surface area contributed by atoms with Gasteiger partial charge in [-0.25, -0.2) is 4.79 Å². The normalized spacial score (nSPS) is 11.7. The molecule has 0 spiro atoms. The van der Waals surface area contributed by atoms with Crippen molar-refractivity contribution in [1.29, 1.82) is 0 Å². The summed E-state index contributed by atoms with van der Waals surface area (Å²) in [6.45, 7) is 4.62. The summed E-state index contributed by atoms with van der Waals surface area (Å²) in [5.41, 5.74) is 2.00. The van der Waals surface area contributed by atoms with Crippen LogP contribution >= 0.6 is 0 Å². The molecule has 1 rings (SSSR count). The lowest BCUT2D eigenvalue weighted by Crippen LogP contribution is -2.30. The van der Waals surface area contributed by atoms with E-state index in [0.29, 0.717) is 13.0 Å². The van der Waals surface area contributed by atoms with Crippen LogP contribution in [0, 0.1) is 5.92 Å². The third-order valence-electron chi connectivity index (χ3n) is 3.39. The highest BCUT2D eigenvalue weighted by Gasteiger charge is 2.07. The number of amides is 2. The summed E-state index contributed by atoms with van der Waals surface area (Å²) in [5.74, 6) is -0.492. The van der Waals surface area contributed by atoms with Crippen LogP contribution in [-0.2, 0) is 11.2 Å². The Balaban J connectivity index is 2.22. The number of hydrogen-bond donors (Lipinski definition) is 3. The van der Waals surface area contributed by atoms with E-state index in [2.05, 4.69) is 17.6 Å². The SMILES string of the molecule is CCc1ccc(NC(=O)NCCC(C)CCC(=O)O)cc1. The Labute approximate surface area is 125 Å². The molecule has 5 heteroatoms. The first-order valence-corrected chi connectivity index (χ1v) is 7.36. The molecule has 0 saturated carbocycles. The molecule has 2 amide bonds. The van der Waals surface area contributed by atoms with Gasteiger partial charge in [-0.2, -0.15) is 0 Å². The number of carboxylic acid groups (broad SMARTS) is 1. The highest BCUT2D eigenvalue weighted by molar-refractivity contribution is 5.89. The van der Waals surface area contributed by atoms with E-state index >= 15 is 0 Å². The standard InChI is InChI=1S/C16H24N2O3/c1-3-13-5-7-14(8-6-13)18-16(21)17-11-10-12(2)4-9-15(19)20/h5-8,12H,3-4,9-11H2,1-2H3,(H,19,20)(H2,17,18,21). The van der Waals surface area contributed by atoms with Crippen LogP contribution in [0.15, 0.2) is 24.3 Å². The lowest BCUT2D eigenvalue weighted by Gasteiger charge is -2.11. The number of rotatable bonds is 8. The van der Waals surface area contributed by atoms with Gasteiger partial charge in [0, 0.05) is 18.7 Å². The Morgan fingerprint density at radius 3 is 2.43 bits per heavy atom. The van der Waals surface area contributed by atoms with Crippen LogP contribution in [0.1, 0.15) is 38.7 Å². The number of urea groups is 1. The summed E-state index contributed by atoms with van der Waals surface area (Å²) in [4.78, 5) is 22.2. The maximum absolute atomic E-state index is 11.7. The van der Waals surface area contributed by atoms with Crippen LogP contribution in [0.3, 0.4) is 0 Å². The van der Waals surface area contributed by atoms with Gasteiger partial charge >= 0.3 is 12.0 Å². The van der Waals surface area contributed by atoms with Crippen molar-refractivity contribution in [2.45, 2.75) is 39.5 Å². The molecule has 1 aromatic carbocycles. The highest BCUT2D eigenvalue weighted by Crippen LogP contribution is 2.11. The summed E-state index contributed by atoms with van der Waals surface area (Å²) >= 11 is 0. The average Bonchev–Trinajstić information content (AvgIpc) is 2.46. The molecule has 0 saturated heterocycles. The summed E-state index contributed by atoms with van der Waals surface area (Å²) in [6, 6.07) is 7.51. The van der Waals surface area contributed by atoms with Gasteiger partial charge in [-0.3, -0.25) is 4.79 Å². The first-order valence-electron chi connectivity index (χ1n) is 7.36. The fourth-order valence-corrected chi connectivity index (χ4v) is 1.95. The molecule has 1 atom stereocenters. The molecular weight excluding hydrogens is 268 g/mol. The van der Waals surface area contributed by atoms with Crippen LogP contribution < -0.4 is 10.6 Å². The number of carboxylic acids is 1. The minimum Gasteiger partial charge on any atom is -0.481 e. The molecule has 0 aromatic heterocycles. The van der Waals surface area contributed by atoms with Gasteiger partial charge in [0.1, 0.15) is 0 Å². The highest BCUT2D eigenvalue weighted by atomic mass is 16.4. The third kappa shape index (κ3) is 7.34. The molecule has 0 heterocycles. The maximum Gasteiger partial charge on any atom is 0.319 e. The van der Waals surface area contributed by atoms with Crippen molar-refractivity contribution in [3.05, 3.63) is 29.8 Å². The van der Waals surface area contributed by atoms with Gasteiger partial charge in [-0.15, -0.1) is 0 Å². The monoisotopic (exact) mass is 292 g/mol. The Hall–Kier alpha value is -2.04. The van der Waals surface area contributed by atoms with E-state index in [1.54, 1.807) is 0 Å². The Morgan fingerprint density at radius 2 is 1.86 bits per heavy atom. The van der Waals surface area contributed by atoms with Gasteiger partial charge in [0.25, 0.3) is 0 Å². The predicted octanol–water partition coefficient (Wildman–Crippen LogP) is 3.26. The molecule has 0 aliphatic carbocycles. The van der Waals surface area contributed by atoms with Crippen LogP contribution in [-0.4, -0.2) is 23.7 Å². The van der Waals surface area contributed by atoms with E-state index in [-0.39, 0.29) is 18.4 Å². The Bertz CT molecular complexity index is 457. The van der Waals surface area contributed by atoms with E-state index in [9.17, 15) is 9.59 Å². The Kier molecular flexibility index (Phi) is 7.29. The van der Waals surface area contributed by atoms with E-state index in [0.717, 1.165) is 18.5 Å². The van der Waals surface area contributed by atoms with Crippen LogP contribution in [0.2, 0.25) is 0 Å². The van der Waals surface area contributed by atoms with Gasteiger partial charge in [0.15, 0.2) is 0 Å². The number of aliphatic carboxylic acids is 1. The van der Waals surface area contributed by atoms with Gasteiger partial charge in [-0.05, 0) is 42.9 Å². The van der Waals surface area contributed by atoms with Crippen molar-refractivity contribution in [1.82, 2.24) is 5.32 Å². The topological polar surface area (TPSA) is 78.4 Å². The largest absolute Gasteiger partial charge is 0.481 e. The van der Waals surface area contributed by atoms with Gasteiger partial charge < -0.3 is 15.7 Å². The van der Waals surface area contributed by atoms with Gasteiger partial charge in [0.2, 0.25) is 0 Å². The van der Waals surface area contributed by atoms with Crippen LogP contribution in [0.4, 0.5) is 10.5 Å². The molecule has 1 unspecified atom stereocenters. The second-order valence-corrected chi connectivity index (χ2v) is 5.26. The number of carbonyl (C=O) groups is 2. The fourth-order valence-electron chi connectivity index (χ4n) is 1.95. The van der Waals surface area contributed by atoms with Crippen LogP contribution in [0.5, 0.6) is 0 Å². The molecule has 0 aliphatic heterocycles. The molecule has 1 aromatic rings. The van der Waals surface area contributed by atoms with Crippen LogP contribution in [0.25, 0.3) is 0 Å². The van der Waals surface area contributed by atoms with Crippen molar-refractivity contribution < 1.29 is 14.7 Å². The molecule has 0 radical (unpaired) electrons. The second kappa shape index (κ2) is 9.00. The van der Waals surface area contributed by atoms with Crippen molar-refractivity contribution in [2.75, 3.05) is 11.9 Å². The molecule has 116 valence electrons. The number of hydrogen-bond acceptors (Lipinski definition) is 2. The van der Waals surface area contributed by atoms with E-state index < -0.39 is 5.97 Å². The second-order valence-electron chi connectivity index (χ2n) is 5.26. The first kappa shape index (κ1) is 17.0. The van der Waals surface area contributed by atoms with E-state index in [1.165, 1.54) is 5.56 Å². The van der Waals surface area contributed by atoms with Gasteiger partial charge in [-0.1, -0.05) is 26.0 Å². The predicted molar refractivity (Wildman–Crippen MR) is 83.5 cm³/mol. The van der Waals surface area contributed by atoms with E-state index in [4.69, 9.17) is 5.11 Å². The number of nitrogens with one attached hydrogen (secondary N) is 2. The first-order chi connectivity index (χ1) is 10.0. The lowest BCUT2D eigenvalue weighted by atomic mass is 10.0. The van der Waals surface area contributed by atoms with Crippen molar-refractivity contribution in [3.63, 3.8) is 0 Å². The van der Waals surface area contributed by atoms with Crippen molar-refractivity contribution in [2.24, 2.45) is 5.92 Å². The molecule has 5 nitrogen and oxygen atoms in total. The zero-order chi connectivity index (χ0) is 15.7. The minimum atomic E-state index is -0.775. The maximum atomic E-state index is 11.7. The van der Waals surface area contributed by atoms with Crippen molar-refractivity contribution >= 4 is 17.7 Å². The lowest BCUT2D eigenvalue weighted by molar-refractivity contribution is -0.137. The Morgan fingerprint density at radius 1 is 1.19 bits per heavy atom. The summed E-state index contributed by atoms with van der Waals surface area (Å²) in [5, 5.41) is 14.2. The molecule has 0 fully saturated rings. The number of aryl methyl sites for hydroxylation is 1. The molecular formula is C16H24N2O3. The quantitative estimate of drug-likeness (QED) is 0.688. The molecule has 0 bridgehead atoms. The molecule has 3 N–H and O–H groups in total. The third-order valence-corrected chi connectivity index (χ3v) is 3.39. The molecule has 21 heavy (non-hydrogen) atoms. The number of benzene rings is 1. The molecule has 0 aliphatic rings.